The lowest BCUT2D eigenvalue weighted by atomic mass is 10.2. The zero-order chi connectivity index (χ0) is 14.3. The van der Waals surface area contributed by atoms with Crippen LogP contribution in [0.1, 0.15) is 32.3 Å². The molecule has 1 rings (SSSR count). The second-order valence-corrected chi connectivity index (χ2v) is 4.01. The van der Waals surface area contributed by atoms with Crippen LogP contribution in [0.5, 0.6) is 5.75 Å². The average Bonchev–Trinajstić information content (AvgIpc) is 2.40. The number of carbonyl (C=O) groups excluding carboxylic acids is 1. The van der Waals surface area contributed by atoms with Crippen molar-refractivity contribution in [1.82, 2.24) is 0 Å². The van der Waals surface area contributed by atoms with Gasteiger partial charge in [-0.25, -0.2) is 4.79 Å². The van der Waals surface area contributed by atoms with Crippen molar-refractivity contribution in [3.05, 3.63) is 23.8 Å². The van der Waals surface area contributed by atoms with Crippen molar-refractivity contribution in [1.29, 1.82) is 5.26 Å². The molecule has 0 spiro atoms. The van der Waals surface area contributed by atoms with Gasteiger partial charge in [-0.05, 0) is 31.5 Å². The average molecular weight is 262 g/mol. The minimum Gasteiger partial charge on any atom is -0.477 e. The lowest BCUT2D eigenvalue weighted by molar-refractivity contribution is -0.151. The molecule has 1 unspecified atom stereocenters. The van der Waals surface area contributed by atoms with Crippen molar-refractivity contribution in [2.75, 3.05) is 12.3 Å². The van der Waals surface area contributed by atoms with Gasteiger partial charge in [-0.2, -0.15) is 5.26 Å². The van der Waals surface area contributed by atoms with E-state index < -0.39 is 12.1 Å². The smallest absolute Gasteiger partial charge is 0.347 e. The summed E-state index contributed by atoms with van der Waals surface area (Å²) in [5.74, 6) is -0.00128. The molecule has 1 aromatic rings. The highest BCUT2D eigenvalue weighted by Crippen LogP contribution is 2.24. The van der Waals surface area contributed by atoms with Gasteiger partial charge in [0.2, 0.25) is 0 Å². The fourth-order valence-electron chi connectivity index (χ4n) is 1.60. The predicted molar refractivity (Wildman–Crippen MR) is 71.5 cm³/mol. The SMILES string of the molecule is CCCC(Oc1ccc(C#N)cc1N)C(=O)OCC. The number of rotatable bonds is 6. The number of benzene rings is 1. The molecule has 5 heteroatoms. The van der Waals surface area contributed by atoms with Crippen LogP contribution < -0.4 is 10.5 Å². The van der Waals surface area contributed by atoms with Crippen molar-refractivity contribution >= 4 is 11.7 Å². The van der Waals surface area contributed by atoms with Crippen LogP contribution in [0, 0.1) is 11.3 Å². The van der Waals surface area contributed by atoms with Gasteiger partial charge in [-0.3, -0.25) is 0 Å². The molecule has 2 N–H and O–H groups in total. The van der Waals surface area contributed by atoms with Crippen molar-refractivity contribution in [2.45, 2.75) is 32.8 Å². The maximum Gasteiger partial charge on any atom is 0.347 e. The van der Waals surface area contributed by atoms with E-state index >= 15 is 0 Å². The molecule has 5 nitrogen and oxygen atoms in total. The molecule has 1 atom stereocenters. The first kappa shape index (κ1) is 14.8. The molecule has 0 aliphatic rings. The van der Waals surface area contributed by atoms with Gasteiger partial charge in [0, 0.05) is 0 Å². The lowest BCUT2D eigenvalue weighted by Gasteiger charge is -2.18. The Morgan fingerprint density at radius 2 is 2.21 bits per heavy atom. The van der Waals surface area contributed by atoms with Gasteiger partial charge in [0.15, 0.2) is 6.10 Å². The Labute approximate surface area is 112 Å². The van der Waals surface area contributed by atoms with E-state index in [0.717, 1.165) is 6.42 Å². The molecule has 0 saturated heterocycles. The van der Waals surface area contributed by atoms with Crippen molar-refractivity contribution < 1.29 is 14.3 Å². The van der Waals surface area contributed by atoms with Crippen LogP contribution in [0.25, 0.3) is 0 Å². The molecule has 0 radical (unpaired) electrons. The van der Waals surface area contributed by atoms with Gasteiger partial charge in [0.25, 0.3) is 0 Å². The summed E-state index contributed by atoms with van der Waals surface area (Å²) < 4.78 is 10.5. The first-order valence-corrected chi connectivity index (χ1v) is 6.25. The summed E-state index contributed by atoms with van der Waals surface area (Å²) in [4.78, 5) is 11.7. The molecule has 0 saturated carbocycles. The van der Waals surface area contributed by atoms with Crippen LogP contribution in [0.3, 0.4) is 0 Å². The Morgan fingerprint density at radius 3 is 2.74 bits per heavy atom. The van der Waals surface area contributed by atoms with Crippen LogP contribution in [0.2, 0.25) is 0 Å². The van der Waals surface area contributed by atoms with Gasteiger partial charge >= 0.3 is 5.97 Å². The summed E-state index contributed by atoms with van der Waals surface area (Å²) in [6.07, 6.45) is 0.679. The zero-order valence-corrected chi connectivity index (χ0v) is 11.2. The number of esters is 1. The molecular weight excluding hydrogens is 244 g/mol. The van der Waals surface area contributed by atoms with Gasteiger partial charge < -0.3 is 15.2 Å². The first-order valence-electron chi connectivity index (χ1n) is 6.25. The second kappa shape index (κ2) is 7.27. The van der Waals surface area contributed by atoms with Crippen molar-refractivity contribution in [3.63, 3.8) is 0 Å². The highest BCUT2D eigenvalue weighted by atomic mass is 16.6. The quantitative estimate of drug-likeness (QED) is 0.627. The van der Waals surface area contributed by atoms with E-state index in [1.54, 1.807) is 19.1 Å². The molecule has 0 aliphatic heterocycles. The molecule has 0 bridgehead atoms. The van der Waals surface area contributed by atoms with Crippen molar-refractivity contribution in [3.8, 4) is 11.8 Å². The van der Waals surface area contributed by atoms with Gasteiger partial charge in [0.05, 0.1) is 23.9 Å². The fraction of sp³-hybridized carbons (Fsp3) is 0.429. The Morgan fingerprint density at radius 1 is 1.47 bits per heavy atom. The fourth-order valence-corrected chi connectivity index (χ4v) is 1.60. The summed E-state index contributed by atoms with van der Waals surface area (Å²) in [5, 5.41) is 8.76. The zero-order valence-electron chi connectivity index (χ0n) is 11.2. The molecular formula is C14H18N2O3. The lowest BCUT2D eigenvalue weighted by Crippen LogP contribution is -2.29. The molecule has 19 heavy (non-hydrogen) atoms. The maximum absolute atomic E-state index is 11.7. The van der Waals surface area contributed by atoms with Crippen LogP contribution >= 0.6 is 0 Å². The number of nitrogen functional groups attached to an aromatic ring is 1. The largest absolute Gasteiger partial charge is 0.477 e. The maximum atomic E-state index is 11.7. The van der Waals surface area contributed by atoms with E-state index in [1.807, 2.05) is 13.0 Å². The molecule has 0 amide bonds. The van der Waals surface area contributed by atoms with Crippen LogP contribution in [-0.4, -0.2) is 18.7 Å². The van der Waals surface area contributed by atoms with E-state index in [9.17, 15) is 4.79 Å². The summed E-state index contributed by atoms with van der Waals surface area (Å²) in [7, 11) is 0. The highest BCUT2D eigenvalue weighted by Gasteiger charge is 2.21. The monoisotopic (exact) mass is 262 g/mol. The minimum absolute atomic E-state index is 0.311. The Balaban J connectivity index is 2.84. The predicted octanol–water partition coefficient (Wildman–Crippen LogP) is 2.25. The minimum atomic E-state index is -0.666. The van der Waals surface area contributed by atoms with E-state index in [4.69, 9.17) is 20.5 Å². The Hall–Kier alpha value is -2.22. The van der Waals surface area contributed by atoms with E-state index in [2.05, 4.69) is 0 Å². The van der Waals surface area contributed by atoms with Crippen LogP contribution in [-0.2, 0) is 9.53 Å². The van der Waals surface area contributed by atoms with E-state index in [1.165, 1.54) is 6.07 Å². The normalized spacial score (nSPS) is 11.4. The topological polar surface area (TPSA) is 85.3 Å². The van der Waals surface area contributed by atoms with Crippen LogP contribution in [0.4, 0.5) is 5.69 Å². The summed E-state index contributed by atoms with van der Waals surface area (Å²) in [6.45, 7) is 4.01. The van der Waals surface area contributed by atoms with Gasteiger partial charge in [-0.15, -0.1) is 0 Å². The summed E-state index contributed by atoms with van der Waals surface area (Å²) >= 11 is 0. The number of anilines is 1. The van der Waals surface area contributed by atoms with Crippen molar-refractivity contribution in [2.24, 2.45) is 0 Å². The van der Waals surface area contributed by atoms with Gasteiger partial charge in [0.1, 0.15) is 5.75 Å². The number of ether oxygens (including phenoxy) is 2. The molecule has 0 heterocycles. The molecule has 0 aliphatic carbocycles. The molecule has 0 fully saturated rings. The number of hydrogen-bond donors (Lipinski definition) is 1. The molecule has 1 aromatic carbocycles. The summed E-state index contributed by atoms with van der Waals surface area (Å²) in [6, 6.07) is 6.70. The van der Waals surface area contributed by atoms with E-state index in [0.29, 0.717) is 30.0 Å². The first-order chi connectivity index (χ1) is 9.12. The standard InChI is InChI=1S/C14H18N2O3/c1-3-5-13(14(17)18-4-2)19-12-7-6-10(9-15)8-11(12)16/h6-8,13H,3-5,16H2,1-2H3. The number of nitrogens with two attached hydrogens (primary N) is 1. The molecule has 102 valence electrons. The number of hydrogen-bond acceptors (Lipinski definition) is 5. The number of nitrogens with zero attached hydrogens (tertiary/aromatic N) is 1. The highest BCUT2D eigenvalue weighted by molar-refractivity contribution is 5.75. The van der Waals surface area contributed by atoms with Gasteiger partial charge in [-0.1, -0.05) is 13.3 Å². The third kappa shape index (κ3) is 4.18. The summed E-state index contributed by atoms with van der Waals surface area (Å²) in [5.41, 5.74) is 6.58. The molecule has 0 aromatic heterocycles. The second-order valence-electron chi connectivity index (χ2n) is 4.01. The van der Waals surface area contributed by atoms with Crippen LogP contribution in [0.15, 0.2) is 18.2 Å². The third-order valence-electron chi connectivity index (χ3n) is 2.51. The van der Waals surface area contributed by atoms with E-state index in [-0.39, 0.29) is 0 Å². The Kier molecular flexibility index (Phi) is 5.68. The number of nitriles is 1. The Bertz CT molecular complexity index is 480. The number of carbonyl (C=O) groups is 1. The third-order valence-corrected chi connectivity index (χ3v) is 2.51.